The van der Waals surface area contributed by atoms with Gasteiger partial charge in [0.25, 0.3) is 0 Å². The SMILES string of the molecule is COc1ccc(/C=C2\N=C(C)OC2=O)c(Cl)c1OC.COc1ccc(CC2CCCc3c2[nH]c2ccc(C)c(F)c32)c(Cl)c1OC. The largest absolute Gasteiger partial charge is 0.493 e. The van der Waals surface area contributed by atoms with E-state index in [1.807, 2.05) is 31.2 Å². The lowest BCUT2D eigenvalue weighted by atomic mass is 9.83. The van der Waals surface area contributed by atoms with E-state index >= 15 is 0 Å². The summed E-state index contributed by atoms with van der Waals surface area (Å²) in [6, 6.07) is 11.1. The van der Waals surface area contributed by atoms with Crippen LogP contribution >= 0.6 is 23.2 Å². The van der Waals surface area contributed by atoms with E-state index in [0.717, 1.165) is 53.4 Å². The fourth-order valence-corrected chi connectivity index (χ4v) is 6.55. The van der Waals surface area contributed by atoms with Crippen molar-refractivity contribution in [3.05, 3.63) is 85.9 Å². The number of esters is 1. The minimum Gasteiger partial charge on any atom is -0.493 e. The highest BCUT2D eigenvalue weighted by Gasteiger charge is 2.28. The number of benzene rings is 3. The molecule has 3 aromatic carbocycles. The number of carbonyl (C=O) groups is 1. The van der Waals surface area contributed by atoms with Crippen LogP contribution in [-0.4, -0.2) is 45.3 Å². The molecule has 4 aromatic rings. The van der Waals surface area contributed by atoms with E-state index in [4.69, 9.17) is 46.9 Å². The quantitative estimate of drug-likeness (QED) is 0.157. The number of cyclic esters (lactones) is 1. The molecule has 0 fully saturated rings. The number of hydrogen-bond acceptors (Lipinski definition) is 7. The van der Waals surface area contributed by atoms with Crippen molar-refractivity contribution in [3.8, 4) is 23.0 Å². The number of halogens is 3. The number of nitrogens with zero attached hydrogens (tertiary/aromatic N) is 1. The van der Waals surface area contributed by atoms with Crippen LogP contribution in [-0.2, 0) is 22.4 Å². The van der Waals surface area contributed by atoms with Gasteiger partial charge in [-0.2, -0.15) is 0 Å². The first kappa shape index (κ1) is 33.2. The molecule has 0 bridgehead atoms. The van der Waals surface area contributed by atoms with E-state index in [0.29, 0.717) is 50.1 Å². The van der Waals surface area contributed by atoms with Gasteiger partial charge in [0, 0.05) is 29.4 Å². The zero-order chi connectivity index (χ0) is 33.1. The van der Waals surface area contributed by atoms with Crippen LogP contribution < -0.4 is 18.9 Å². The van der Waals surface area contributed by atoms with Crippen molar-refractivity contribution in [1.29, 1.82) is 0 Å². The number of H-pyrrole nitrogens is 1. The minimum atomic E-state index is -0.497. The summed E-state index contributed by atoms with van der Waals surface area (Å²) in [5, 5.41) is 1.69. The molecule has 0 saturated heterocycles. The number of nitrogens with one attached hydrogen (secondary N) is 1. The number of ether oxygens (including phenoxy) is 5. The van der Waals surface area contributed by atoms with Crippen LogP contribution in [0.1, 0.15) is 53.6 Å². The van der Waals surface area contributed by atoms with E-state index in [1.54, 1.807) is 39.4 Å². The molecule has 8 nitrogen and oxygen atoms in total. The molecule has 2 aliphatic rings. The van der Waals surface area contributed by atoms with Crippen molar-refractivity contribution >= 4 is 52.0 Å². The molecule has 1 atom stereocenters. The number of aliphatic imine (C=N–C) groups is 1. The van der Waals surface area contributed by atoms with E-state index in [9.17, 15) is 9.18 Å². The van der Waals surface area contributed by atoms with Gasteiger partial charge in [0.15, 0.2) is 34.6 Å². The summed E-state index contributed by atoms with van der Waals surface area (Å²) in [6.07, 6.45) is 5.32. The number of fused-ring (bicyclic) bond motifs is 3. The minimum absolute atomic E-state index is 0.102. The van der Waals surface area contributed by atoms with Gasteiger partial charge in [-0.15, -0.1) is 0 Å². The van der Waals surface area contributed by atoms with E-state index in [2.05, 4.69) is 9.98 Å². The molecular formula is C35H35Cl2FN2O6. The Labute approximate surface area is 277 Å². The Morgan fingerprint density at radius 3 is 2.26 bits per heavy atom. The van der Waals surface area contributed by atoms with Crippen LogP contribution in [0.3, 0.4) is 0 Å². The maximum absolute atomic E-state index is 14.7. The highest BCUT2D eigenvalue weighted by molar-refractivity contribution is 6.34. The van der Waals surface area contributed by atoms with E-state index in [1.165, 1.54) is 14.2 Å². The third kappa shape index (κ3) is 6.39. The summed E-state index contributed by atoms with van der Waals surface area (Å²) in [5.74, 6) is 2.10. The molecule has 11 heteroatoms. The highest BCUT2D eigenvalue weighted by Crippen LogP contribution is 2.43. The second-order valence-corrected chi connectivity index (χ2v) is 11.7. The van der Waals surface area contributed by atoms with Gasteiger partial charge < -0.3 is 28.7 Å². The Morgan fingerprint density at radius 2 is 1.63 bits per heavy atom. The summed E-state index contributed by atoms with van der Waals surface area (Å²) >= 11 is 12.8. The fraction of sp³-hybridized carbons (Fsp3) is 0.314. The van der Waals surface area contributed by atoms with Crippen LogP contribution in [0.25, 0.3) is 17.0 Å². The summed E-state index contributed by atoms with van der Waals surface area (Å²) in [6.45, 7) is 3.42. The zero-order valence-electron chi connectivity index (χ0n) is 26.5. The highest BCUT2D eigenvalue weighted by atomic mass is 35.5. The predicted octanol–water partition coefficient (Wildman–Crippen LogP) is 8.62. The van der Waals surface area contributed by atoms with Crippen LogP contribution in [0.15, 0.2) is 47.1 Å². The van der Waals surface area contributed by atoms with Gasteiger partial charge in [-0.1, -0.05) is 35.3 Å². The first-order chi connectivity index (χ1) is 22.1. The third-order valence-electron chi connectivity index (χ3n) is 8.18. The van der Waals surface area contributed by atoms with Gasteiger partial charge in [-0.3, -0.25) is 0 Å². The van der Waals surface area contributed by atoms with Crippen molar-refractivity contribution in [2.75, 3.05) is 28.4 Å². The van der Waals surface area contributed by atoms with Crippen molar-refractivity contribution in [3.63, 3.8) is 0 Å². The zero-order valence-corrected chi connectivity index (χ0v) is 28.0. The van der Waals surface area contributed by atoms with Gasteiger partial charge in [-0.25, -0.2) is 14.2 Å². The van der Waals surface area contributed by atoms with Crippen molar-refractivity contribution in [2.45, 2.75) is 45.4 Å². The van der Waals surface area contributed by atoms with E-state index in [-0.39, 0.29) is 17.4 Å². The van der Waals surface area contributed by atoms with Crippen molar-refractivity contribution in [2.24, 2.45) is 4.99 Å². The van der Waals surface area contributed by atoms with Crippen molar-refractivity contribution in [1.82, 2.24) is 4.98 Å². The Kier molecular flexibility index (Phi) is 10.1. The molecule has 1 aromatic heterocycles. The normalized spacial score (nSPS) is 16.4. The Hall–Kier alpha value is -4.21. The van der Waals surface area contributed by atoms with Crippen LogP contribution in [0.4, 0.5) is 4.39 Å². The second kappa shape index (κ2) is 14.1. The number of aryl methyl sites for hydroxylation is 2. The maximum Gasteiger partial charge on any atom is 0.363 e. The molecule has 0 amide bonds. The number of aromatic amines is 1. The molecule has 242 valence electrons. The topological polar surface area (TPSA) is 91.4 Å². The third-order valence-corrected chi connectivity index (χ3v) is 8.99. The molecule has 1 aliphatic carbocycles. The molecule has 46 heavy (non-hydrogen) atoms. The Bertz CT molecular complexity index is 1870. The summed E-state index contributed by atoms with van der Waals surface area (Å²) < 4.78 is 40.6. The molecular weight excluding hydrogens is 634 g/mol. The summed E-state index contributed by atoms with van der Waals surface area (Å²) in [7, 11) is 6.21. The van der Waals surface area contributed by atoms with Crippen LogP contribution in [0.2, 0.25) is 10.0 Å². The monoisotopic (exact) mass is 668 g/mol. The molecule has 0 saturated carbocycles. The molecule has 1 unspecified atom stereocenters. The number of carbonyl (C=O) groups excluding carboxylic acids is 1. The lowest BCUT2D eigenvalue weighted by molar-refractivity contribution is -0.130. The fourth-order valence-electron chi connectivity index (χ4n) is 5.95. The number of rotatable bonds is 7. The molecule has 0 radical (unpaired) electrons. The van der Waals surface area contributed by atoms with Crippen molar-refractivity contribution < 1.29 is 32.9 Å². The molecule has 1 aliphatic heterocycles. The Balaban J connectivity index is 0.000000193. The number of aromatic nitrogens is 1. The predicted molar refractivity (Wildman–Crippen MR) is 179 cm³/mol. The molecule has 0 spiro atoms. The Morgan fingerprint density at radius 1 is 0.957 bits per heavy atom. The lowest BCUT2D eigenvalue weighted by Crippen LogP contribution is -2.12. The van der Waals surface area contributed by atoms with Gasteiger partial charge >= 0.3 is 5.97 Å². The first-order valence-corrected chi connectivity index (χ1v) is 15.5. The van der Waals surface area contributed by atoms with Gasteiger partial charge in [0.2, 0.25) is 0 Å². The lowest BCUT2D eigenvalue weighted by Gasteiger charge is -2.24. The number of methoxy groups -OCH3 is 4. The summed E-state index contributed by atoms with van der Waals surface area (Å²) in [5.41, 5.74) is 5.66. The average Bonchev–Trinajstić information content (AvgIpc) is 3.59. The standard InChI is InChI=1S/C22H23ClFNO2.C13H12ClNO4/c1-12-7-9-16-18(20(12)24)15-6-4-5-14(21(15)25-16)11-13-8-10-17(26-2)22(27-3)19(13)23;1-7-15-9(13(16)19-7)6-8-4-5-10(17-2)12(18-3)11(8)14/h7-10,14,25H,4-6,11H2,1-3H3;4-6H,1-3H3/b;9-6-. The average molecular weight is 670 g/mol. The van der Waals surface area contributed by atoms with E-state index < -0.39 is 5.97 Å². The molecule has 2 heterocycles. The molecule has 1 N–H and O–H groups in total. The second-order valence-electron chi connectivity index (χ2n) is 11.0. The number of hydrogen-bond donors (Lipinski definition) is 1. The smallest absolute Gasteiger partial charge is 0.363 e. The van der Waals surface area contributed by atoms with Gasteiger partial charge in [0.1, 0.15) is 5.82 Å². The molecule has 6 rings (SSSR count). The summed E-state index contributed by atoms with van der Waals surface area (Å²) in [4.78, 5) is 18.9. The van der Waals surface area contributed by atoms with Crippen LogP contribution in [0.5, 0.6) is 23.0 Å². The first-order valence-electron chi connectivity index (χ1n) is 14.7. The van der Waals surface area contributed by atoms with Gasteiger partial charge in [-0.05, 0) is 85.2 Å². The van der Waals surface area contributed by atoms with Crippen LogP contribution in [0, 0.1) is 12.7 Å². The van der Waals surface area contributed by atoms with Gasteiger partial charge in [0.05, 0.1) is 38.5 Å². The maximum atomic E-state index is 14.7.